The Hall–Kier alpha value is -3.73. The normalized spacial score (nSPS) is 15.2. The molecule has 1 aliphatic rings. The van der Waals surface area contributed by atoms with Gasteiger partial charge < -0.3 is 21.1 Å². The van der Waals surface area contributed by atoms with Crippen LogP contribution in [0.4, 0.5) is 0 Å². The fourth-order valence-corrected chi connectivity index (χ4v) is 3.53. The molecule has 4 N–H and O–H groups in total. The van der Waals surface area contributed by atoms with Gasteiger partial charge in [0.15, 0.2) is 0 Å². The number of benzene rings is 2. The maximum Gasteiger partial charge on any atom is 0.250 e. The molecule has 33 heavy (non-hydrogen) atoms. The number of rotatable bonds is 7. The van der Waals surface area contributed by atoms with Gasteiger partial charge in [-0.25, -0.2) is 0 Å². The summed E-state index contributed by atoms with van der Waals surface area (Å²) in [7, 11) is 0. The van der Waals surface area contributed by atoms with Gasteiger partial charge in [-0.15, -0.1) is 0 Å². The Kier molecular flexibility index (Phi) is 8.95. The Balaban J connectivity index is 0.000000286. The second kappa shape index (κ2) is 12.3. The highest BCUT2D eigenvalue weighted by molar-refractivity contribution is 5.92. The van der Waals surface area contributed by atoms with E-state index in [1.54, 1.807) is 18.3 Å². The molecule has 3 aromatic rings. The molecular formula is C26H29N5O2. The number of ether oxygens (including phenoxy) is 1. The predicted molar refractivity (Wildman–Crippen MR) is 128 cm³/mol. The Morgan fingerprint density at radius 2 is 1.82 bits per heavy atom. The maximum absolute atomic E-state index is 10.4. The molecule has 170 valence electrons. The molecule has 0 aliphatic carbocycles. The van der Waals surface area contributed by atoms with Crippen LogP contribution < -0.4 is 16.2 Å². The number of amides is 1. The van der Waals surface area contributed by atoms with Gasteiger partial charge in [0, 0.05) is 31.5 Å². The number of likely N-dealkylation sites (tertiary alicyclic amines) is 1. The summed E-state index contributed by atoms with van der Waals surface area (Å²) >= 11 is 0. The number of aromatic nitrogens is 1. The monoisotopic (exact) mass is 443 g/mol. The number of hydrogen-bond acceptors (Lipinski definition) is 6. The molecule has 1 aliphatic heterocycles. The summed E-state index contributed by atoms with van der Waals surface area (Å²) in [5, 5.41) is 8.84. The predicted octanol–water partition coefficient (Wildman–Crippen LogP) is 3.21. The number of carbonyl (C=O) groups excluding carboxylic acids is 1. The van der Waals surface area contributed by atoms with Gasteiger partial charge >= 0.3 is 0 Å². The molecule has 2 aromatic carbocycles. The number of primary amides is 1. The zero-order valence-electron chi connectivity index (χ0n) is 18.6. The van der Waals surface area contributed by atoms with Gasteiger partial charge in [0.05, 0.1) is 23.8 Å². The summed E-state index contributed by atoms with van der Waals surface area (Å²) in [6, 6.07) is 21.5. The van der Waals surface area contributed by atoms with Crippen molar-refractivity contribution in [3.05, 3.63) is 84.2 Å². The molecule has 1 fully saturated rings. The van der Waals surface area contributed by atoms with E-state index in [-0.39, 0.29) is 0 Å². The van der Waals surface area contributed by atoms with E-state index in [4.69, 9.17) is 21.5 Å². The summed E-state index contributed by atoms with van der Waals surface area (Å²) < 4.78 is 5.82. The first kappa shape index (κ1) is 23.9. The van der Waals surface area contributed by atoms with E-state index in [0.29, 0.717) is 17.2 Å². The number of nitriles is 1. The van der Waals surface area contributed by atoms with Crippen LogP contribution in [0.1, 0.15) is 28.8 Å². The molecule has 1 aromatic heterocycles. The molecule has 7 nitrogen and oxygen atoms in total. The van der Waals surface area contributed by atoms with Crippen LogP contribution in [0.15, 0.2) is 73.1 Å². The lowest BCUT2D eigenvalue weighted by Crippen LogP contribution is -2.28. The van der Waals surface area contributed by atoms with Gasteiger partial charge in [-0.05, 0) is 66.9 Å². The Morgan fingerprint density at radius 1 is 1.12 bits per heavy atom. The number of nitrogens with zero attached hydrogens (tertiary/aromatic N) is 3. The smallest absolute Gasteiger partial charge is 0.250 e. The SMILES string of the molecule is N#Cc1ccc(-c2ccc(OCCCN3CC[C@@H](N)C3)cc2)cc1.NC(=O)c1cccnc1. The van der Waals surface area contributed by atoms with Gasteiger partial charge in [0.1, 0.15) is 5.75 Å². The van der Waals surface area contributed by atoms with E-state index >= 15 is 0 Å². The van der Waals surface area contributed by atoms with Crippen molar-refractivity contribution in [1.82, 2.24) is 9.88 Å². The quantitative estimate of drug-likeness (QED) is 0.541. The number of hydrogen-bond donors (Lipinski definition) is 2. The molecule has 7 heteroatoms. The fraction of sp³-hybridized carbons (Fsp3) is 0.269. The highest BCUT2D eigenvalue weighted by Gasteiger charge is 2.17. The van der Waals surface area contributed by atoms with Crippen LogP contribution in [0.3, 0.4) is 0 Å². The van der Waals surface area contributed by atoms with Crippen molar-refractivity contribution in [2.75, 3.05) is 26.2 Å². The topological polar surface area (TPSA) is 118 Å². The molecule has 0 radical (unpaired) electrons. The summed E-state index contributed by atoms with van der Waals surface area (Å²) in [4.78, 5) is 16.5. The molecule has 0 spiro atoms. The zero-order valence-corrected chi connectivity index (χ0v) is 18.6. The standard InChI is InChI=1S/C20H23N3O.C6H6N2O/c21-14-16-2-4-17(5-3-16)18-6-8-20(9-7-18)24-13-1-11-23-12-10-19(22)15-23;7-6(9)5-2-1-3-8-4-5/h2-9,19H,1,10-13,15,22H2;1-4H,(H2,7,9)/t19-;/m1./s1. The number of carbonyl (C=O) groups is 1. The molecule has 1 atom stereocenters. The summed E-state index contributed by atoms with van der Waals surface area (Å²) in [5.74, 6) is 0.452. The summed E-state index contributed by atoms with van der Waals surface area (Å²) in [6.07, 6.45) is 5.15. The van der Waals surface area contributed by atoms with E-state index in [1.165, 1.54) is 6.20 Å². The second-order valence-corrected chi connectivity index (χ2v) is 7.87. The van der Waals surface area contributed by atoms with Crippen molar-refractivity contribution in [2.24, 2.45) is 11.5 Å². The first-order chi connectivity index (χ1) is 16.0. The average molecular weight is 444 g/mol. The molecule has 2 heterocycles. The minimum atomic E-state index is -0.442. The summed E-state index contributed by atoms with van der Waals surface area (Å²) in [5.41, 5.74) is 14.2. The van der Waals surface area contributed by atoms with E-state index in [2.05, 4.69) is 28.1 Å². The minimum absolute atomic E-state index is 0.348. The second-order valence-electron chi connectivity index (χ2n) is 7.87. The van der Waals surface area contributed by atoms with E-state index in [1.807, 2.05) is 36.4 Å². The van der Waals surface area contributed by atoms with Crippen LogP contribution >= 0.6 is 0 Å². The van der Waals surface area contributed by atoms with Crippen LogP contribution in [-0.2, 0) is 0 Å². The van der Waals surface area contributed by atoms with Crippen LogP contribution in [0.5, 0.6) is 5.75 Å². The molecular weight excluding hydrogens is 414 g/mol. The zero-order chi connectivity index (χ0) is 23.5. The van der Waals surface area contributed by atoms with E-state index in [9.17, 15) is 4.79 Å². The van der Waals surface area contributed by atoms with Gasteiger partial charge in [0.25, 0.3) is 0 Å². The minimum Gasteiger partial charge on any atom is -0.494 e. The van der Waals surface area contributed by atoms with Gasteiger partial charge in [-0.2, -0.15) is 5.26 Å². The molecule has 1 saturated heterocycles. The van der Waals surface area contributed by atoms with Crippen LogP contribution in [0.25, 0.3) is 11.1 Å². The first-order valence-corrected chi connectivity index (χ1v) is 11.0. The Morgan fingerprint density at radius 3 is 2.33 bits per heavy atom. The van der Waals surface area contributed by atoms with Crippen LogP contribution in [0.2, 0.25) is 0 Å². The third-order valence-corrected chi connectivity index (χ3v) is 5.34. The lowest BCUT2D eigenvalue weighted by molar-refractivity contribution is 0.1000. The van der Waals surface area contributed by atoms with E-state index < -0.39 is 5.91 Å². The van der Waals surface area contributed by atoms with Crippen molar-refractivity contribution >= 4 is 5.91 Å². The van der Waals surface area contributed by atoms with Crippen molar-refractivity contribution in [1.29, 1.82) is 5.26 Å². The molecule has 4 rings (SSSR count). The first-order valence-electron chi connectivity index (χ1n) is 11.0. The van der Waals surface area contributed by atoms with Crippen molar-refractivity contribution in [3.8, 4) is 22.9 Å². The lowest BCUT2D eigenvalue weighted by atomic mass is 10.0. The van der Waals surface area contributed by atoms with E-state index in [0.717, 1.165) is 56.0 Å². The fourth-order valence-electron chi connectivity index (χ4n) is 3.53. The highest BCUT2D eigenvalue weighted by Crippen LogP contribution is 2.23. The highest BCUT2D eigenvalue weighted by atomic mass is 16.5. The van der Waals surface area contributed by atoms with Gasteiger partial charge in [-0.1, -0.05) is 24.3 Å². The van der Waals surface area contributed by atoms with Gasteiger partial charge in [0.2, 0.25) is 5.91 Å². The molecule has 0 bridgehead atoms. The van der Waals surface area contributed by atoms with Crippen molar-refractivity contribution in [2.45, 2.75) is 18.9 Å². The van der Waals surface area contributed by atoms with Crippen molar-refractivity contribution < 1.29 is 9.53 Å². The molecule has 0 unspecified atom stereocenters. The Labute approximate surface area is 194 Å². The number of nitrogens with two attached hydrogens (primary N) is 2. The lowest BCUT2D eigenvalue weighted by Gasteiger charge is -2.15. The van der Waals surface area contributed by atoms with Gasteiger partial charge in [-0.3, -0.25) is 9.78 Å². The number of pyridine rings is 1. The third kappa shape index (κ3) is 7.72. The maximum atomic E-state index is 10.4. The largest absolute Gasteiger partial charge is 0.494 e. The molecule has 0 saturated carbocycles. The summed E-state index contributed by atoms with van der Waals surface area (Å²) in [6.45, 7) is 3.90. The Bertz CT molecular complexity index is 1050. The average Bonchev–Trinajstić information content (AvgIpc) is 3.28. The van der Waals surface area contributed by atoms with Crippen molar-refractivity contribution in [3.63, 3.8) is 0 Å². The molecule has 1 amide bonds. The third-order valence-electron chi connectivity index (χ3n) is 5.34. The van der Waals surface area contributed by atoms with Crippen LogP contribution in [0, 0.1) is 11.3 Å². The van der Waals surface area contributed by atoms with Crippen LogP contribution in [-0.4, -0.2) is 48.1 Å².